The molecule has 0 bridgehead atoms. The summed E-state index contributed by atoms with van der Waals surface area (Å²) in [5.74, 6) is -2.24. The molecule has 1 N–H and O–H groups in total. The van der Waals surface area contributed by atoms with Crippen LogP contribution >= 0.6 is 11.8 Å². The number of hydrogen-bond donors (Lipinski definition) is 1. The second-order valence-electron chi connectivity index (χ2n) is 5.45. The SMILES string of the molecule is CSc1nc(-c2cccc(COc3cccc(F)c3F)c2)c(C#N)c(=O)[nH]1. The predicted octanol–water partition coefficient (Wildman–Crippen LogP) is 3.89. The Bertz CT molecular complexity index is 1090. The van der Waals surface area contributed by atoms with E-state index in [1.165, 1.54) is 23.9 Å². The summed E-state index contributed by atoms with van der Waals surface area (Å²) in [6, 6.07) is 12.4. The first kappa shape index (κ1) is 18.6. The summed E-state index contributed by atoms with van der Waals surface area (Å²) < 4.78 is 32.3. The number of rotatable bonds is 5. The van der Waals surface area contributed by atoms with Crippen molar-refractivity contribution < 1.29 is 13.5 Å². The topological polar surface area (TPSA) is 78.8 Å². The number of thioether (sulfide) groups is 1. The van der Waals surface area contributed by atoms with Gasteiger partial charge in [-0.1, -0.05) is 36.0 Å². The number of nitrogens with zero attached hydrogens (tertiary/aromatic N) is 2. The average molecular weight is 385 g/mol. The van der Waals surface area contributed by atoms with Gasteiger partial charge in [-0.3, -0.25) is 4.79 Å². The van der Waals surface area contributed by atoms with E-state index in [-0.39, 0.29) is 23.6 Å². The maximum atomic E-state index is 13.7. The summed E-state index contributed by atoms with van der Waals surface area (Å²) in [4.78, 5) is 18.9. The Hall–Kier alpha value is -3.18. The Labute approximate surface area is 157 Å². The van der Waals surface area contributed by atoms with Gasteiger partial charge < -0.3 is 9.72 Å². The summed E-state index contributed by atoms with van der Waals surface area (Å²) >= 11 is 1.25. The third-order valence-corrected chi connectivity index (χ3v) is 4.29. The van der Waals surface area contributed by atoms with Gasteiger partial charge in [0.25, 0.3) is 5.56 Å². The minimum atomic E-state index is -1.05. The molecule has 0 spiro atoms. The predicted molar refractivity (Wildman–Crippen MR) is 97.5 cm³/mol. The standard InChI is InChI=1S/C19H13F2N3O2S/c1-27-19-23-17(13(9-22)18(25)24-19)12-5-2-4-11(8-12)10-26-15-7-3-6-14(20)16(15)21/h2-8H,10H2,1H3,(H,23,24,25). The Morgan fingerprint density at radius 2 is 2.04 bits per heavy atom. The highest BCUT2D eigenvalue weighted by Gasteiger charge is 2.14. The van der Waals surface area contributed by atoms with Gasteiger partial charge in [0.2, 0.25) is 5.82 Å². The maximum absolute atomic E-state index is 13.7. The Kier molecular flexibility index (Phi) is 5.52. The second kappa shape index (κ2) is 8.01. The van der Waals surface area contributed by atoms with Gasteiger partial charge in [-0.25, -0.2) is 9.37 Å². The second-order valence-corrected chi connectivity index (χ2v) is 6.25. The molecule has 0 radical (unpaired) electrons. The van der Waals surface area contributed by atoms with Gasteiger partial charge in [0.15, 0.2) is 16.7 Å². The van der Waals surface area contributed by atoms with Crippen molar-refractivity contribution in [1.29, 1.82) is 5.26 Å². The molecule has 0 aliphatic carbocycles. The molecule has 0 aliphatic heterocycles. The first-order valence-electron chi connectivity index (χ1n) is 7.78. The normalized spacial score (nSPS) is 10.4. The van der Waals surface area contributed by atoms with E-state index in [1.54, 1.807) is 30.5 Å². The summed E-state index contributed by atoms with van der Waals surface area (Å²) in [6.07, 6.45) is 1.76. The first-order chi connectivity index (χ1) is 13.0. The fourth-order valence-electron chi connectivity index (χ4n) is 2.43. The van der Waals surface area contributed by atoms with E-state index in [2.05, 4.69) is 9.97 Å². The van der Waals surface area contributed by atoms with Crippen molar-refractivity contribution in [3.63, 3.8) is 0 Å². The van der Waals surface area contributed by atoms with Gasteiger partial charge in [0, 0.05) is 5.56 Å². The number of nitrogens with one attached hydrogen (secondary N) is 1. The van der Waals surface area contributed by atoms with Crippen molar-refractivity contribution in [2.24, 2.45) is 0 Å². The summed E-state index contributed by atoms with van der Waals surface area (Å²) in [6.45, 7) is -0.0192. The highest BCUT2D eigenvalue weighted by atomic mass is 32.2. The van der Waals surface area contributed by atoms with E-state index >= 15 is 0 Å². The monoisotopic (exact) mass is 385 g/mol. The summed E-state index contributed by atoms with van der Waals surface area (Å²) in [5.41, 5.74) is 0.836. The fourth-order valence-corrected chi connectivity index (χ4v) is 2.80. The minimum absolute atomic E-state index is 0.0192. The lowest BCUT2D eigenvalue weighted by atomic mass is 10.1. The number of H-pyrrole nitrogens is 1. The van der Waals surface area contributed by atoms with Gasteiger partial charge in [-0.2, -0.15) is 9.65 Å². The molecule has 1 heterocycles. The molecule has 27 heavy (non-hydrogen) atoms. The molecule has 1 aromatic heterocycles. The molecule has 0 aliphatic rings. The van der Waals surface area contributed by atoms with Crippen molar-refractivity contribution in [2.75, 3.05) is 6.26 Å². The lowest BCUT2D eigenvalue weighted by molar-refractivity contribution is 0.284. The van der Waals surface area contributed by atoms with Crippen LogP contribution < -0.4 is 10.3 Å². The molecule has 3 aromatic rings. The maximum Gasteiger partial charge on any atom is 0.270 e. The minimum Gasteiger partial charge on any atom is -0.486 e. The third kappa shape index (κ3) is 3.99. The molecule has 5 nitrogen and oxygen atoms in total. The first-order valence-corrected chi connectivity index (χ1v) is 9.00. The average Bonchev–Trinajstić information content (AvgIpc) is 2.68. The molecule has 3 rings (SSSR count). The third-order valence-electron chi connectivity index (χ3n) is 3.71. The van der Waals surface area contributed by atoms with Crippen LogP contribution in [0.2, 0.25) is 0 Å². The number of nitriles is 1. The van der Waals surface area contributed by atoms with Crippen LogP contribution in [-0.2, 0) is 6.61 Å². The zero-order chi connectivity index (χ0) is 19.4. The van der Waals surface area contributed by atoms with Crippen LogP contribution in [0.5, 0.6) is 5.75 Å². The quantitative estimate of drug-likeness (QED) is 0.533. The Morgan fingerprint density at radius 3 is 2.78 bits per heavy atom. The van der Waals surface area contributed by atoms with E-state index in [4.69, 9.17) is 4.74 Å². The van der Waals surface area contributed by atoms with Crippen molar-refractivity contribution in [2.45, 2.75) is 11.8 Å². The van der Waals surface area contributed by atoms with E-state index in [9.17, 15) is 18.8 Å². The van der Waals surface area contributed by atoms with Crippen LogP contribution in [-0.4, -0.2) is 16.2 Å². The van der Waals surface area contributed by atoms with Gasteiger partial charge in [0.05, 0.1) is 5.69 Å². The van der Waals surface area contributed by atoms with Crippen LogP contribution in [0, 0.1) is 23.0 Å². The zero-order valence-electron chi connectivity index (χ0n) is 14.1. The molecular weight excluding hydrogens is 372 g/mol. The van der Waals surface area contributed by atoms with Crippen LogP contribution in [0.1, 0.15) is 11.1 Å². The molecule has 136 valence electrons. The summed E-state index contributed by atoms with van der Waals surface area (Å²) in [5, 5.41) is 9.67. The molecule has 0 saturated heterocycles. The van der Waals surface area contributed by atoms with E-state index in [0.29, 0.717) is 16.3 Å². The summed E-state index contributed by atoms with van der Waals surface area (Å²) in [7, 11) is 0. The van der Waals surface area contributed by atoms with Crippen molar-refractivity contribution >= 4 is 11.8 Å². The van der Waals surface area contributed by atoms with Crippen molar-refractivity contribution in [3.05, 3.63) is 75.6 Å². The Morgan fingerprint density at radius 1 is 1.26 bits per heavy atom. The molecule has 0 saturated carbocycles. The molecule has 0 amide bonds. The Balaban J connectivity index is 1.93. The van der Waals surface area contributed by atoms with Crippen LogP contribution in [0.15, 0.2) is 52.4 Å². The fraction of sp³-hybridized carbons (Fsp3) is 0.105. The number of ether oxygens (including phenoxy) is 1. The highest BCUT2D eigenvalue weighted by Crippen LogP contribution is 2.24. The van der Waals surface area contributed by atoms with E-state index in [1.807, 2.05) is 6.07 Å². The lowest BCUT2D eigenvalue weighted by Gasteiger charge is -2.10. The molecule has 2 aromatic carbocycles. The smallest absolute Gasteiger partial charge is 0.270 e. The van der Waals surface area contributed by atoms with Gasteiger partial charge >= 0.3 is 0 Å². The molecule has 0 atom stereocenters. The van der Waals surface area contributed by atoms with Crippen molar-refractivity contribution in [3.8, 4) is 23.1 Å². The number of aromatic nitrogens is 2. The number of hydrogen-bond acceptors (Lipinski definition) is 5. The van der Waals surface area contributed by atoms with Gasteiger partial charge in [-0.15, -0.1) is 0 Å². The van der Waals surface area contributed by atoms with Crippen LogP contribution in [0.3, 0.4) is 0 Å². The lowest BCUT2D eigenvalue weighted by Crippen LogP contribution is -2.14. The van der Waals surface area contributed by atoms with E-state index in [0.717, 1.165) is 6.07 Å². The molecule has 0 fully saturated rings. The van der Waals surface area contributed by atoms with Gasteiger partial charge in [-0.05, 0) is 30.0 Å². The van der Waals surface area contributed by atoms with Crippen molar-refractivity contribution in [1.82, 2.24) is 9.97 Å². The number of aromatic amines is 1. The van der Waals surface area contributed by atoms with Crippen LogP contribution in [0.25, 0.3) is 11.3 Å². The molecular formula is C19H13F2N3O2S. The molecule has 0 unspecified atom stereocenters. The number of benzene rings is 2. The number of halogens is 2. The largest absolute Gasteiger partial charge is 0.486 e. The zero-order valence-corrected chi connectivity index (χ0v) is 14.9. The molecule has 8 heteroatoms. The van der Waals surface area contributed by atoms with Gasteiger partial charge in [0.1, 0.15) is 18.2 Å². The van der Waals surface area contributed by atoms with Crippen LogP contribution in [0.4, 0.5) is 8.78 Å². The van der Waals surface area contributed by atoms with E-state index < -0.39 is 17.2 Å². The highest BCUT2D eigenvalue weighted by molar-refractivity contribution is 7.98.